The van der Waals surface area contributed by atoms with Gasteiger partial charge < -0.3 is 0 Å². The van der Waals surface area contributed by atoms with Gasteiger partial charge >= 0.3 is 0 Å². The molecular weight excluding hydrogens is 163 g/mol. The Hall–Kier alpha value is -0.0900. The largest absolute Gasteiger partial charge is 0.0858 e. The fourth-order valence-corrected chi connectivity index (χ4v) is 2.20. The smallest absolute Gasteiger partial charge is 0.00871 e. The van der Waals surface area contributed by atoms with Gasteiger partial charge in [0.25, 0.3) is 0 Å². The molecule has 1 aliphatic carbocycles. The van der Waals surface area contributed by atoms with Gasteiger partial charge in [-0.2, -0.15) is 0 Å². The SMILES string of the molecule is CP(C)C1=CC(C(C)(C)C)=CC1. The molecule has 0 aromatic rings. The molecule has 0 atom stereocenters. The maximum atomic E-state index is 2.41. The van der Waals surface area contributed by atoms with Crippen LogP contribution in [0.4, 0.5) is 0 Å². The lowest BCUT2D eigenvalue weighted by atomic mass is 9.87. The second-order valence-electron chi connectivity index (χ2n) is 4.64. The summed E-state index contributed by atoms with van der Waals surface area (Å²) in [5, 5.41) is 1.65. The van der Waals surface area contributed by atoms with E-state index in [0.29, 0.717) is 5.41 Å². The van der Waals surface area contributed by atoms with Crippen LogP contribution in [-0.4, -0.2) is 13.3 Å². The van der Waals surface area contributed by atoms with E-state index in [-0.39, 0.29) is 7.92 Å². The van der Waals surface area contributed by atoms with Gasteiger partial charge in [-0.1, -0.05) is 40.8 Å². The minimum Gasteiger partial charge on any atom is -0.0858 e. The van der Waals surface area contributed by atoms with Crippen molar-refractivity contribution in [3.8, 4) is 0 Å². The zero-order valence-corrected chi connectivity index (χ0v) is 9.70. The van der Waals surface area contributed by atoms with E-state index in [9.17, 15) is 0 Å². The first kappa shape index (κ1) is 9.99. The second-order valence-corrected chi connectivity index (χ2v) is 7.01. The maximum absolute atomic E-state index is 2.41. The zero-order valence-electron chi connectivity index (χ0n) is 8.81. The highest BCUT2D eigenvalue weighted by Gasteiger charge is 2.19. The van der Waals surface area contributed by atoms with E-state index in [4.69, 9.17) is 0 Å². The third-order valence-electron chi connectivity index (χ3n) is 2.29. The molecule has 0 nitrogen and oxygen atoms in total. The predicted molar refractivity (Wildman–Crippen MR) is 59.0 cm³/mol. The summed E-state index contributed by atoms with van der Waals surface area (Å²) in [6.07, 6.45) is 5.99. The molecule has 0 aliphatic heterocycles. The van der Waals surface area contributed by atoms with Crippen molar-refractivity contribution in [1.29, 1.82) is 0 Å². The lowest BCUT2D eigenvalue weighted by molar-refractivity contribution is 0.518. The Kier molecular flexibility index (Phi) is 2.78. The van der Waals surface area contributed by atoms with E-state index in [1.165, 1.54) is 12.0 Å². The van der Waals surface area contributed by atoms with E-state index in [0.717, 1.165) is 0 Å². The van der Waals surface area contributed by atoms with E-state index in [2.05, 4.69) is 46.3 Å². The fraction of sp³-hybridized carbons (Fsp3) is 0.636. The average Bonchev–Trinajstić information content (AvgIpc) is 2.30. The predicted octanol–water partition coefficient (Wildman–Crippen LogP) is 3.99. The van der Waals surface area contributed by atoms with Crippen LogP contribution >= 0.6 is 7.92 Å². The second kappa shape index (κ2) is 3.34. The quantitative estimate of drug-likeness (QED) is 0.538. The van der Waals surface area contributed by atoms with Crippen molar-refractivity contribution in [3.05, 3.63) is 23.0 Å². The van der Waals surface area contributed by atoms with E-state index < -0.39 is 0 Å². The van der Waals surface area contributed by atoms with Gasteiger partial charge in [0.1, 0.15) is 0 Å². The van der Waals surface area contributed by atoms with Gasteiger partial charge in [-0.05, 0) is 36.1 Å². The van der Waals surface area contributed by atoms with Crippen LogP contribution in [0.1, 0.15) is 27.2 Å². The van der Waals surface area contributed by atoms with Crippen molar-refractivity contribution < 1.29 is 0 Å². The van der Waals surface area contributed by atoms with Crippen LogP contribution in [0.25, 0.3) is 0 Å². The highest BCUT2D eigenvalue weighted by atomic mass is 31.1. The Morgan fingerprint density at radius 1 is 1.25 bits per heavy atom. The molecule has 0 bridgehead atoms. The third kappa shape index (κ3) is 2.20. The number of allylic oxidation sites excluding steroid dienone is 4. The molecule has 0 aromatic carbocycles. The first-order valence-corrected chi connectivity index (χ1v) is 6.73. The molecule has 0 radical (unpaired) electrons. The van der Waals surface area contributed by atoms with E-state index in [1.54, 1.807) is 5.31 Å². The first-order chi connectivity index (χ1) is 5.41. The van der Waals surface area contributed by atoms with Gasteiger partial charge in [0.05, 0.1) is 0 Å². The van der Waals surface area contributed by atoms with Gasteiger partial charge in [0, 0.05) is 0 Å². The Balaban J connectivity index is 2.75. The van der Waals surface area contributed by atoms with Crippen molar-refractivity contribution in [2.75, 3.05) is 13.3 Å². The molecule has 1 heteroatoms. The Morgan fingerprint density at radius 2 is 1.83 bits per heavy atom. The summed E-state index contributed by atoms with van der Waals surface area (Å²) < 4.78 is 0. The molecule has 0 heterocycles. The van der Waals surface area contributed by atoms with Crippen molar-refractivity contribution in [2.45, 2.75) is 27.2 Å². The first-order valence-electron chi connectivity index (χ1n) is 4.50. The summed E-state index contributed by atoms with van der Waals surface area (Å²) in [4.78, 5) is 0. The van der Waals surface area contributed by atoms with Crippen LogP contribution in [-0.2, 0) is 0 Å². The number of hydrogen-bond donors (Lipinski definition) is 0. The number of rotatable bonds is 1. The Labute approximate surface area is 77.5 Å². The molecule has 12 heavy (non-hydrogen) atoms. The molecule has 0 spiro atoms. The van der Waals surface area contributed by atoms with Crippen LogP contribution in [0.15, 0.2) is 23.0 Å². The standard InChI is InChI=1S/C11H19P/c1-11(2,3)9-6-7-10(8-9)12(4)5/h6,8H,7H2,1-5H3. The molecule has 0 amide bonds. The van der Waals surface area contributed by atoms with Crippen molar-refractivity contribution >= 4 is 7.92 Å². The molecular formula is C11H19P. The molecule has 0 N–H and O–H groups in total. The van der Waals surface area contributed by atoms with Gasteiger partial charge in [0.15, 0.2) is 0 Å². The summed E-state index contributed by atoms with van der Waals surface area (Å²) in [5.74, 6) is 0. The van der Waals surface area contributed by atoms with Crippen molar-refractivity contribution in [2.24, 2.45) is 5.41 Å². The molecule has 0 unspecified atom stereocenters. The summed E-state index contributed by atoms with van der Waals surface area (Å²) >= 11 is 0. The van der Waals surface area contributed by atoms with E-state index >= 15 is 0 Å². The zero-order chi connectivity index (χ0) is 9.35. The molecule has 68 valence electrons. The van der Waals surface area contributed by atoms with Gasteiger partial charge in [-0.3, -0.25) is 0 Å². The molecule has 0 saturated heterocycles. The van der Waals surface area contributed by atoms with Crippen LogP contribution < -0.4 is 0 Å². The molecule has 0 saturated carbocycles. The molecule has 0 aromatic heterocycles. The lowest BCUT2D eigenvalue weighted by Crippen LogP contribution is -2.05. The third-order valence-corrected chi connectivity index (χ3v) is 3.75. The van der Waals surface area contributed by atoms with Crippen molar-refractivity contribution in [3.63, 3.8) is 0 Å². The Morgan fingerprint density at radius 3 is 2.08 bits per heavy atom. The summed E-state index contributed by atoms with van der Waals surface area (Å²) in [5.41, 5.74) is 1.86. The fourth-order valence-electron chi connectivity index (χ4n) is 1.35. The number of hydrogen-bond acceptors (Lipinski definition) is 0. The van der Waals surface area contributed by atoms with Gasteiger partial charge in [0.2, 0.25) is 0 Å². The van der Waals surface area contributed by atoms with Crippen LogP contribution in [0.3, 0.4) is 0 Å². The normalized spacial score (nSPS) is 18.2. The highest BCUT2D eigenvalue weighted by Crippen LogP contribution is 2.45. The van der Waals surface area contributed by atoms with Crippen LogP contribution in [0, 0.1) is 5.41 Å². The monoisotopic (exact) mass is 182 g/mol. The summed E-state index contributed by atoms with van der Waals surface area (Å²) in [6, 6.07) is 0. The topological polar surface area (TPSA) is 0 Å². The lowest BCUT2D eigenvalue weighted by Gasteiger charge is -2.18. The average molecular weight is 182 g/mol. The minimum absolute atomic E-state index is 0.134. The molecule has 1 aliphatic rings. The minimum atomic E-state index is 0.134. The van der Waals surface area contributed by atoms with Crippen molar-refractivity contribution in [1.82, 2.24) is 0 Å². The highest BCUT2D eigenvalue weighted by molar-refractivity contribution is 7.60. The molecule has 1 rings (SSSR count). The Bertz CT molecular complexity index is 226. The van der Waals surface area contributed by atoms with Crippen LogP contribution in [0.5, 0.6) is 0 Å². The van der Waals surface area contributed by atoms with Crippen LogP contribution in [0.2, 0.25) is 0 Å². The summed E-state index contributed by atoms with van der Waals surface area (Å²) in [7, 11) is 0.134. The summed E-state index contributed by atoms with van der Waals surface area (Å²) in [6.45, 7) is 11.5. The molecule has 0 fully saturated rings. The maximum Gasteiger partial charge on any atom is -0.00871 e. The van der Waals surface area contributed by atoms with Gasteiger partial charge in [-0.25, -0.2) is 0 Å². The van der Waals surface area contributed by atoms with Gasteiger partial charge in [-0.15, -0.1) is 0 Å². The van der Waals surface area contributed by atoms with E-state index in [1.807, 2.05) is 0 Å².